The summed E-state index contributed by atoms with van der Waals surface area (Å²) in [6.07, 6.45) is -0.0515. The third-order valence-electron chi connectivity index (χ3n) is 0.978. The van der Waals surface area contributed by atoms with E-state index in [1.54, 1.807) is 0 Å². The first-order chi connectivity index (χ1) is 5.56. The molecule has 0 heterocycles. The van der Waals surface area contributed by atoms with E-state index in [0.29, 0.717) is 12.3 Å². The van der Waals surface area contributed by atoms with Gasteiger partial charge in [0.25, 0.3) is 0 Å². The Morgan fingerprint density at radius 3 is 2.58 bits per heavy atom. The first-order valence-electron chi connectivity index (χ1n) is 3.73. The lowest BCUT2D eigenvalue weighted by Gasteiger charge is -2.12. The minimum Gasteiger partial charge on any atom is -0.430 e. The highest BCUT2D eigenvalue weighted by molar-refractivity contribution is 6.22. The van der Waals surface area contributed by atoms with Crippen molar-refractivity contribution in [2.75, 3.05) is 5.88 Å². The van der Waals surface area contributed by atoms with Crippen LogP contribution in [0.2, 0.25) is 0 Å². The second kappa shape index (κ2) is 6.38. The molecule has 0 saturated heterocycles. The average Bonchev–Trinajstić information content (AvgIpc) is 1.84. The lowest BCUT2D eigenvalue weighted by atomic mass is 10.4. The summed E-state index contributed by atoms with van der Waals surface area (Å²) in [7, 11) is 0. The number of hydrogen-bond acceptors (Lipinski definition) is 2. The maximum Gasteiger partial charge on any atom is 0.408 e. The molecule has 72 valence electrons. The van der Waals surface area contributed by atoms with Gasteiger partial charge in [0.1, 0.15) is 0 Å². The Morgan fingerprint density at radius 2 is 2.17 bits per heavy atom. The van der Waals surface area contributed by atoms with Crippen LogP contribution in [0.3, 0.4) is 0 Å². The molecule has 0 aromatic heterocycles. The van der Waals surface area contributed by atoms with E-state index in [1.165, 1.54) is 0 Å². The van der Waals surface area contributed by atoms with E-state index in [9.17, 15) is 4.79 Å². The molecule has 0 spiro atoms. The topological polar surface area (TPSA) is 38.3 Å². The van der Waals surface area contributed by atoms with E-state index in [4.69, 9.17) is 27.9 Å². The Hall–Kier alpha value is -0.150. The molecule has 0 rings (SSSR count). The van der Waals surface area contributed by atoms with E-state index in [-0.39, 0.29) is 6.04 Å². The fraction of sp³-hybridized carbons (Fsp3) is 0.857. The van der Waals surface area contributed by atoms with E-state index in [2.05, 4.69) is 5.32 Å². The normalized spacial score (nSPS) is 12.8. The van der Waals surface area contributed by atoms with E-state index in [0.717, 1.165) is 0 Å². The highest BCUT2D eigenvalue weighted by Gasteiger charge is 2.10. The summed E-state index contributed by atoms with van der Waals surface area (Å²) in [6, 6.07) is 0.0531. The van der Waals surface area contributed by atoms with E-state index in [1.807, 2.05) is 13.8 Å². The van der Waals surface area contributed by atoms with Crippen molar-refractivity contribution in [3.05, 3.63) is 0 Å². The van der Waals surface area contributed by atoms with Crippen LogP contribution in [0, 0.1) is 0 Å². The minimum absolute atomic E-state index is 0.0531. The molecule has 12 heavy (non-hydrogen) atoms. The molecule has 0 aromatic rings. The number of ether oxygens (including phenoxy) is 1. The van der Waals surface area contributed by atoms with Gasteiger partial charge in [0.2, 0.25) is 0 Å². The average molecular weight is 214 g/mol. The van der Waals surface area contributed by atoms with E-state index >= 15 is 0 Å². The number of halogens is 2. The number of alkyl halides is 2. The molecule has 0 bridgehead atoms. The molecule has 1 unspecified atom stereocenters. The molecule has 0 fully saturated rings. The first kappa shape index (κ1) is 11.8. The monoisotopic (exact) mass is 213 g/mol. The second-order valence-electron chi connectivity index (χ2n) is 2.59. The highest BCUT2D eigenvalue weighted by atomic mass is 35.5. The first-order valence-corrected chi connectivity index (χ1v) is 4.70. The highest BCUT2D eigenvalue weighted by Crippen LogP contribution is 2.05. The van der Waals surface area contributed by atoms with E-state index < -0.39 is 11.7 Å². The summed E-state index contributed by atoms with van der Waals surface area (Å²) >= 11 is 11.0. The summed E-state index contributed by atoms with van der Waals surface area (Å²) < 4.78 is 4.73. The van der Waals surface area contributed by atoms with Gasteiger partial charge in [0.15, 0.2) is 5.56 Å². The molecule has 0 aliphatic heterocycles. The molecule has 0 saturated carbocycles. The number of nitrogens with one attached hydrogen (secondary N) is 1. The number of alkyl carbamates (subject to hydrolysis) is 1. The Kier molecular flexibility index (Phi) is 6.30. The van der Waals surface area contributed by atoms with Crippen molar-refractivity contribution in [3.8, 4) is 0 Å². The summed E-state index contributed by atoms with van der Waals surface area (Å²) in [5.74, 6) is 0.378. The van der Waals surface area contributed by atoms with Gasteiger partial charge < -0.3 is 10.1 Å². The van der Waals surface area contributed by atoms with Gasteiger partial charge in [-0.3, -0.25) is 0 Å². The van der Waals surface area contributed by atoms with Crippen LogP contribution in [0.25, 0.3) is 0 Å². The SMILES string of the molecule is CC(C)NC(=O)OC(Cl)CCCl. The lowest BCUT2D eigenvalue weighted by Crippen LogP contribution is -2.32. The predicted molar refractivity (Wildman–Crippen MR) is 49.7 cm³/mol. The fourth-order valence-electron chi connectivity index (χ4n) is 0.531. The van der Waals surface area contributed by atoms with Gasteiger partial charge in [-0.15, -0.1) is 11.6 Å². The minimum atomic E-state index is -0.638. The van der Waals surface area contributed by atoms with Gasteiger partial charge in [-0.1, -0.05) is 11.6 Å². The summed E-state index contributed by atoms with van der Waals surface area (Å²) in [5, 5.41) is 2.54. The van der Waals surface area contributed by atoms with Crippen LogP contribution < -0.4 is 5.32 Å². The van der Waals surface area contributed by atoms with Gasteiger partial charge in [0, 0.05) is 18.3 Å². The quantitative estimate of drug-likeness (QED) is 0.729. The zero-order chi connectivity index (χ0) is 9.56. The summed E-state index contributed by atoms with van der Waals surface area (Å²) in [4.78, 5) is 10.9. The number of carbonyl (C=O) groups excluding carboxylic acids is 1. The molecule has 0 radical (unpaired) electrons. The van der Waals surface area contributed by atoms with Crippen LogP contribution in [0.15, 0.2) is 0 Å². The number of amides is 1. The van der Waals surface area contributed by atoms with Crippen molar-refractivity contribution >= 4 is 29.3 Å². The summed E-state index contributed by atoms with van der Waals surface area (Å²) in [5.41, 5.74) is -0.638. The molecule has 1 amide bonds. The molecular formula is C7H13Cl2NO2. The number of carbonyl (C=O) groups is 1. The molecule has 0 aromatic carbocycles. The number of hydrogen-bond donors (Lipinski definition) is 1. The van der Waals surface area contributed by atoms with Crippen molar-refractivity contribution < 1.29 is 9.53 Å². The Morgan fingerprint density at radius 1 is 1.58 bits per heavy atom. The van der Waals surface area contributed by atoms with Gasteiger partial charge in [-0.25, -0.2) is 4.79 Å². The maximum atomic E-state index is 10.9. The van der Waals surface area contributed by atoms with Crippen molar-refractivity contribution in [2.24, 2.45) is 0 Å². The Bertz CT molecular complexity index is 141. The molecule has 0 aliphatic carbocycles. The Labute approximate surface area is 82.4 Å². The standard InChI is InChI=1S/C7H13Cl2NO2/c1-5(2)10-7(11)12-6(9)3-4-8/h5-6H,3-4H2,1-2H3,(H,10,11). The predicted octanol–water partition coefficient (Wildman–Crippen LogP) is 2.31. The van der Waals surface area contributed by atoms with Gasteiger partial charge in [-0.05, 0) is 13.8 Å². The smallest absolute Gasteiger partial charge is 0.408 e. The zero-order valence-corrected chi connectivity index (χ0v) is 8.65. The van der Waals surface area contributed by atoms with Crippen molar-refractivity contribution in [3.63, 3.8) is 0 Å². The Balaban J connectivity index is 3.54. The van der Waals surface area contributed by atoms with Crippen molar-refractivity contribution in [1.82, 2.24) is 5.32 Å². The van der Waals surface area contributed by atoms with Crippen LogP contribution in [-0.4, -0.2) is 23.6 Å². The van der Waals surface area contributed by atoms with Gasteiger partial charge >= 0.3 is 6.09 Å². The largest absolute Gasteiger partial charge is 0.430 e. The molecule has 1 atom stereocenters. The maximum absolute atomic E-state index is 10.9. The van der Waals surface area contributed by atoms with Crippen molar-refractivity contribution in [1.29, 1.82) is 0 Å². The van der Waals surface area contributed by atoms with Crippen LogP contribution in [0.5, 0.6) is 0 Å². The fourth-order valence-corrected chi connectivity index (χ4v) is 1.03. The second-order valence-corrected chi connectivity index (χ2v) is 3.46. The van der Waals surface area contributed by atoms with Gasteiger partial charge in [0.05, 0.1) is 0 Å². The van der Waals surface area contributed by atoms with Crippen LogP contribution >= 0.6 is 23.2 Å². The van der Waals surface area contributed by atoms with Crippen LogP contribution in [0.1, 0.15) is 20.3 Å². The van der Waals surface area contributed by atoms with Crippen LogP contribution in [-0.2, 0) is 4.74 Å². The third-order valence-corrected chi connectivity index (χ3v) is 1.50. The third kappa shape index (κ3) is 6.55. The van der Waals surface area contributed by atoms with Crippen molar-refractivity contribution in [2.45, 2.75) is 31.9 Å². The molecule has 0 aliphatic rings. The molecule has 5 heteroatoms. The summed E-state index contributed by atoms with van der Waals surface area (Å²) in [6.45, 7) is 3.68. The molecular weight excluding hydrogens is 201 g/mol. The number of rotatable bonds is 4. The molecule has 1 N–H and O–H groups in total. The zero-order valence-electron chi connectivity index (χ0n) is 7.14. The van der Waals surface area contributed by atoms with Crippen LogP contribution in [0.4, 0.5) is 4.79 Å². The lowest BCUT2D eigenvalue weighted by molar-refractivity contribution is 0.129. The molecule has 3 nitrogen and oxygen atoms in total. The van der Waals surface area contributed by atoms with Gasteiger partial charge in [-0.2, -0.15) is 0 Å².